The van der Waals surface area contributed by atoms with Crippen molar-refractivity contribution in [1.29, 1.82) is 0 Å². The highest BCUT2D eigenvalue weighted by molar-refractivity contribution is 7.21. The lowest BCUT2D eigenvalue weighted by molar-refractivity contribution is 0.0957. The van der Waals surface area contributed by atoms with Gasteiger partial charge in [-0.25, -0.2) is 4.39 Å². The predicted molar refractivity (Wildman–Crippen MR) is 87.8 cm³/mol. The molecule has 0 bridgehead atoms. The number of methoxy groups -OCH3 is 1. The summed E-state index contributed by atoms with van der Waals surface area (Å²) in [5.74, 6) is 0.0410. The first-order valence-electron chi connectivity index (χ1n) is 7.05. The molecule has 2 aromatic heterocycles. The molecule has 0 aliphatic heterocycles. The second-order valence-corrected chi connectivity index (χ2v) is 6.33. The summed E-state index contributed by atoms with van der Waals surface area (Å²) in [6.45, 7) is 0.555. The lowest BCUT2D eigenvalue weighted by Gasteiger charge is -2.01. The molecule has 0 saturated carbocycles. The van der Waals surface area contributed by atoms with Gasteiger partial charge in [-0.3, -0.25) is 4.79 Å². The molecule has 9 heteroatoms. The number of carbonyl (C=O) groups excluding carboxylic acids is 1. The second kappa shape index (κ2) is 7.25. The number of carbonyl (C=O) groups is 1. The van der Waals surface area contributed by atoms with Crippen molar-refractivity contribution in [3.8, 4) is 0 Å². The zero-order valence-corrected chi connectivity index (χ0v) is 14.2. The third kappa shape index (κ3) is 3.40. The minimum atomic E-state index is -0.440. The largest absolute Gasteiger partial charge is 0.377 e. The van der Waals surface area contributed by atoms with Crippen molar-refractivity contribution in [1.82, 2.24) is 15.5 Å². The van der Waals surface area contributed by atoms with E-state index >= 15 is 0 Å². The van der Waals surface area contributed by atoms with E-state index in [1.807, 2.05) is 0 Å². The number of fused-ring (bicyclic) bond motifs is 1. The van der Waals surface area contributed by atoms with Crippen molar-refractivity contribution in [3.05, 3.63) is 45.6 Å². The number of ether oxygens (including phenoxy) is 1. The van der Waals surface area contributed by atoms with Gasteiger partial charge in [-0.15, -0.1) is 11.3 Å². The van der Waals surface area contributed by atoms with Crippen LogP contribution < -0.4 is 5.32 Å². The Labute approximate surface area is 145 Å². The zero-order valence-electron chi connectivity index (χ0n) is 12.6. The maximum atomic E-state index is 13.8. The monoisotopic (exact) mass is 369 g/mol. The summed E-state index contributed by atoms with van der Waals surface area (Å²) in [4.78, 5) is 16.6. The molecule has 3 aromatic rings. The van der Waals surface area contributed by atoms with Gasteiger partial charge in [0.2, 0.25) is 5.89 Å². The molecular formula is C15H13ClFN3O3S. The predicted octanol–water partition coefficient (Wildman–Crippen LogP) is 3.20. The number of nitrogens with zero attached hydrogens (tertiary/aromatic N) is 2. The average Bonchev–Trinajstić information content (AvgIpc) is 3.13. The molecule has 0 spiro atoms. The normalized spacial score (nSPS) is 11.1. The smallest absolute Gasteiger partial charge is 0.262 e. The molecule has 0 radical (unpaired) electrons. The van der Waals surface area contributed by atoms with Crippen molar-refractivity contribution in [2.24, 2.45) is 0 Å². The fourth-order valence-electron chi connectivity index (χ4n) is 2.16. The van der Waals surface area contributed by atoms with E-state index in [4.69, 9.17) is 20.9 Å². The maximum Gasteiger partial charge on any atom is 0.262 e. The van der Waals surface area contributed by atoms with Gasteiger partial charge in [-0.1, -0.05) is 22.8 Å². The Hall–Kier alpha value is -2.03. The van der Waals surface area contributed by atoms with Crippen LogP contribution >= 0.6 is 22.9 Å². The summed E-state index contributed by atoms with van der Waals surface area (Å²) in [6, 6.07) is 4.62. The van der Waals surface area contributed by atoms with Gasteiger partial charge in [-0.05, 0) is 12.1 Å². The lowest BCUT2D eigenvalue weighted by atomic mass is 10.2. The van der Waals surface area contributed by atoms with Crippen LogP contribution in [0.4, 0.5) is 4.39 Å². The van der Waals surface area contributed by atoms with Crippen molar-refractivity contribution >= 4 is 38.9 Å². The fourth-order valence-corrected chi connectivity index (χ4v) is 3.63. The Kier molecular flexibility index (Phi) is 5.08. The molecule has 1 N–H and O–H groups in total. The fraction of sp³-hybridized carbons (Fsp3) is 0.267. The number of rotatable bonds is 6. The Morgan fingerprint density at radius 3 is 3.08 bits per heavy atom. The molecule has 0 atom stereocenters. The van der Waals surface area contributed by atoms with Crippen LogP contribution in [0, 0.1) is 5.82 Å². The third-order valence-electron chi connectivity index (χ3n) is 3.22. The number of hydrogen-bond acceptors (Lipinski definition) is 6. The molecule has 3 rings (SSSR count). The highest BCUT2D eigenvalue weighted by Gasteiger charge is 2.19. The number of nitrogens with one attached hydrogen (secondary N) is 1. The average molecular weight is 370 g/mol. The molecule has 2 heterocycles. The van der Waals surface area contributed by atoms with Crippen LogP contribution in [0.1, 0.15) is 21.4 Å². The van der Waals surface area contributed by atoms with E-state index in [-0.39, 0.29) is 27.8 Å². The van der Waals surface area contributed by atoms with Crippen molar-refractivity contribution in [2.75, 3.05) is 13.7 Å². The third-order valence-corrected chi connectivity index (χ3v) is 4.86. The van der Waals surface area contributed by atoms with Gasteiger partial charge in [-0.2, -0.15) is 4.98 Å². The van der Waals surface area contributed by atoms with Gasteiger partial charge >= 0.3 is 0 Å². The van der Waals surface area contributed by atoms with E-state index in [0.717, 1.165) is 11.3 Å². The zero-order chi connectivity index (χ0) is 17.1. The Balaban J connectivity index is 1.65. The van der Waals surface area contributed by atoms with Crippen LogP contribution in [-0.2, 0) is 17.8 Å². The van der Waals surface area contributed by atoms with Gasteiger partial charge in [0.25, 0.3) is 5.91 Å². The van der Waals surface area contributed by atoms with Crippen LogP contribution in [-0.4, -0.2) is 29.7 Å². The first-order chi connectivity index (χ1) is 11.6. The van der Waals surface area contributed by atoms with E-state index in [1.54, 1.807) is 12.1 Å². The van der Waals surface area contributed by atoms with Crippen LogP contribution in [0.25, 0.3) is 10.1 Å². The molecule has 0 unspecified atom stereocenters. The Bertz CT molecular complexity index is 880. The molecule has 0 aliphatic rings. The van der Waals surface area contributed by atoms with Crippen molar-refractivity contribution in [3.63, 3.8) is 0 Å². The molecule has 1 amide bonds. The van der Waals surface area contributed by atoms with Crippen LogP contribution in [0.15, 0.2) is 22.7 Å². The quantitative estimate of drug-likeness (QED) is 0.722. The molecule has 126 valence electrons. The summed E-state index contributed by atoms with van der Waals surface area (Å²) in [5, 5.41) is 6.85. The molecule has 0 saturated heterocycles. The standard InChI is InChI=1S/C15H13ClFN3O3S/c1-22-7-10-19-11(23-20-10)5-6-18-15(21)14-13(16)12-8(17)3-2-4-9(12)24-14/h2-4H,5-7H2,1H3,(H,18,21). The number of amides is 1. The Morgan fingerprint density at radius 1 is 1.50 bits per heavy atom. The number of thiophene rings is 1. The van der Waals surface area contributed by atoms with Crippen LogP contribution in [0.5, 0.6) is 0 Å². The molecule has 6 nitrogen and oxygen atoms in total. The summed E-state index contributed by atoms with van der Waals surface area (Å²) >= 11 is 7.30. The summed E-state index contributed by atoms with van der Waals surface area (Å²) in [5.41, 5.74) is 0. The second-order valence-electron chi connectivity index (χ2n) is 4.90. The molecule has 0 fully saturated rings. The maximum absolute atomic E-state index is 13.8. The minimum absolute atomic E-state index is 0.130. The first-order valence-corrected chi connectivity index (χ1v) is 8.24. The molecular weight excluding hydrogens is 357 g/mol. The SMILES string of the molecule is COCc1noc(CCNC(=O)c2sc3cccc(F)c3c2Cl)n1. The van der Waals surface area contributed by atoms with E-state index in [9.17, 15) is 9.18 Å². The number of halogens is 2. The number of aromatic nitrogens is 2. The highest BCUT2D eigenvalue weighted by Crippen LogP contribution is 2.36. The topological polar surface area (TPSA) is 77.3 Å². The van der Waals surface area contributed by atoms with Gasteiger partial charge in [0.15, 0.2) is 5.82 Å². The lowest BCUT2D eigenvalue weighted by Crippen LogP contribution is -2.25. The van der Waals surface area contributed by atoms with Gasteiger partial charge in [0.1, 0.15) is 17.3 Å². The van der Waals surface area contributed by atoms with E-state index in [1.165, 1.54) is 13.2 Å². The van der Waals surface area contributed by atoms with Gasteiger partial charge in [0, 0.05) is 30.2 Å². The summed E-state index contributed by atoms with van der Waals surface area (Å²) in [7, 11) is 1.54. The number of hydrogen-bond donors (Lipinski definition) is 1. The van der Waals surface area contributed by atoms with Gasteiger partial charge < -0.3 is 14.6 Å². The highest BCUT2D eigenvalue weighted by atomic mass is 35.5. The van der Waals surface area contributed by atoms with E-state index in [2.05, 4.69) is 15.5 Å². The van der Waals surface area contributed by atoms with Crippen LogP contribution in [0.3, 0.4) is 0 Å². The van der Waals surface area contributed by atoms with E-state index in [0.29, 0.717) is 29.4 Å². The Morgan fingerprint density at radius 2 is 2.33 bits per heavy atom. The number of benzene rings is 1. The summed E-state index contributed by atoms with van der Waals surface area (Å²) in [6.07, 6.45) is 0.374. The van der Waals surface area contributed by atoms with E-state index < -0.39 is 5.82 Å². The molecule has 0 aliphatic carbocycles. The molecule has 24 heavy (non-hydrogen) atoms. The van der Waals surface area contributed by atoms with Crippen molar-refractivity contribution in [2.45, 2.75) is 13.0 Å². The van der Waals surface area contributed by atoms with Gasteiger partial charge in [0.05, 0.1) is 5.02 Å². The van der Waals surface area contributed by atoms with Crippen molar-refractivity contribution < 1.29 is 18.4 Å². The molecule has 1 aromatic carbocycles. The van der Waals surface area contributed by atoms with Crippen LogP contribution in [0.2, 0.25) is 5.02 Å². The summed E-state index contributed by atoms with van der Waals surface area (Å²) < 4.78 is 24.4. The minimum Gasteiger partial charge on any atom is -0.377 e. The first kappa shape index (κ1) is 16.8.